The van der Waals surface area contributed by atoms with Crippen LogP contribution in [-0.2, 0) is 6.42 Å². The molecule has 4 heteroatoms. The van der Waals surface area contributed by atoms with Gasteiger partial charge in [0.1, 0.15) is 0 Å². The second-order valence-corrected chi connectivity index (χ2v) is 10.9. The molecule has 0 amide bonds. The van der Waals surface area contributed by atoms with Crippen molar-refractivity contribution >= 4 is 32.3 Å². The quantitative estimate of drug-likeness (QED) is 0.125. The first kappa shape index (κ1) is 28.9. The summed E-state index contributed by atoms with van der Waals surface area (Å²) in [6.07, 6.45) is 7.27. The van der Waals surface area contributed by atoms with Gasteiger partial charge in [0.25, 0.3) is 0 Å². The summed E-state index contributed by atoms with van der Waals surface area (Å²) in [5.74, 6) is 0. The normalized spacial score (nSPS) is 11.4. The summed E-state index contributed by atoms with van der Waals surface area (Å²) in [5.41, 5.74) is 13.3. The van der Waals surface area contributed by atoms with E-state index < -0.39 is 0 Å². The lowest BCUT2D eigenvalue weighted by atomic mass is 9.91. The van der Waals surface area contributed by atoms with Crippen LogP contribution in [0.2, 0.25) is 0 Å². The molecule has 1 aromatic heterocycles. The molecule has 0 aliphatic rings. The molecule has 0 spiro atoms. The average molecular weight is 579 g/mol. The number of aryl methyl sites for hydroxylation is 1. The Bertz CT molecular complexity index is 2200. The Morgan fingerprint density at radius 3 is 1.96 bits per heavy atom. The summed E-state index contributed by atoms with van der Waals surface area (Å²) >= 11 is 0. The standard InChI is InChI=1S/C28H20N2.C13H10N2/c29-15-14-20(18-30)5-4-19-6-8-21(9-7-19)26-16-24-12-10-22-2-1-3-23-11-13-25(17-26)28(24)27(22)23;1-10-2-4-12(5-3-10)13-8-11(9-14)6-7-15-13/h1-3,5-17H,4,29H2;2-8H,1H3/b15-14-,20-5+;. The second-order valence-electron chi connectivity index (χ2n) is 10.9. The smallest absolute Gasteiger partial charge is 0.0992 e. The maximum atomic E-state index is 9.10. The first-order valence-electron chi connectivity index (χ1n) is 14.7. The maximum absolute atomic E-state index is 9.10. The van der Waals surface area contributed by atoms with E-state index in [1.165, 1.54) is 55.2 Å². The second kappa shape index (κ2) is 13.0. The van der Waals surface area contributed by atoms with Crippen molar-refractivity contribution in [1.29, 1.82) is 10.5 Å². The lowest BCUT2D eigenvalue weighted by Gasteiger charge is -2.13. The molecule has 0 aliphatic carbocycles. The zero-order valence-electron chi connectivity index (χ0n) is 24.9. The zero-order valence-corrected chi connectivity index (χ0v) is 24.9. The van der Waals surface area contributed by atoms with E-state index in [1.54, 1.807) is 24.4 Å². The number of nitriles is 2. The highest BCUT2D eigenvalue weighted by Crippen LogP contribution is 2.37. The van der Waals surface area contributed by atoms with Gasteiger partial charge in [0.15, 0.2) is 0 Å². The van der Waals surface area contributed by atoms with Crippen molar-refractivity contribution in [3.05, 3.63) is 162 Å². The molecule has 0 unspecified atom stereocenters. The maximum Gasteiger partial charge on any atom is 0.0992 e. The van der Waals surface area contributed by atoms with Crippen LogP contribution in [0.15, 0.2) is 145 Å². The predicted octanol–water partition coefficient (Wildman–Crippen LogP) is 9.64. The summed E-state index contributed by atoms with van der Waals surface area (Å²) < 4.78 is 0. The Morgan fingerprint density at radius 2 is 1.33 bits per heavy atom. The average Bonchev–Trinajstić information content (AvgIpc) is 3.09. The van der Waals surface area contributed by atoms with Gasteiger partial charge in [-0.3, -0.25) is 4.98 Å². The largest absolute Gasteiger partial charge is 0.405 e. The van der Waals surface area contributed by atoms with Crippen LogP contribution in [0.1, 0.15) is 16.7 Å². The van der Waals surface area contributed by atoms with Crippen LogP contribution in [0.4, 0.5) is 0 Å². The van der Waals surface area contributed by atoms with E-state index in [0.717, 1.165) is 16.8 Å². The van der Waals surface area contributed by atoms with E-state index in [1.807, 2.05) is 37.3 Å². The van der Waals surface area contributed by atoms with E-state index in [2.05, 4.69) is 96.0 Å². The molecule has 1 heterocycles. The molecule has 0 atom stereocenters. The van der Waals surface area contributed by atoms with Crippen LogP contribution in [0.5, 0.6) is 0 Å². The highest BCUT2D eigenvalue weighted by molar-refractivity contribution is 6.23. The fourth-order valence-electron chi connectivity index (χ4n) is 5.62. The van der Waals surface area contributed by atoms with Gasteiger partial charge in [0.2, 0.25) is 0 Å². The number of nitrogens with zero attached hydrogens (tertiary/aromatic N) is 3. The lowest BCUT2D eigenvalue weighted by Crippen LogP contribution is -1.87. The first-order chi connectivity index (χ1) is 22.1. The topological polar surface area (TPSA) is 86.5 Å². The molecule has 214 valence electrons. The zero-order chi connectivity index (χ0) is 31.2. The molecule has 45 heavy (non-hydrogen) atoms. The Balaban J connectivity index is 0.000000200. The third-order valence-electron chi connectivity index (χ3n) is 7.95. The van der Waals surface area contributed by atoms with Gasteiger partial charge in [-0.2, -0.15) is 10.5 Å². The summed E-state index contributed by atoms with van der Waals surface area (Å²) in [7, 11) is 0. The molecular weight excluding hydrogens is 548 g/mol. The molecular formula is C41H30N4. The summed E-state index contributed by atoms with van der Waals surface area (Å²) in [4.78, 5) is 4.24. The van der Waals surface area contributed by atoms with Crippen molar-refractivity contribution in [2.75, 3.05) is 0 Å². The van der Waals surface area contributed by atoms with Crippen LogP contribution in [0.25, 0.3) is 54.7 Å². The molecule has 0 aliphatic heterocycles. The molecule has 4 nitrogen and oxygen atoms in total. The molecule has 2 N–H and O–H groups in total. The highest BCUT2D eigenvalue weighted by Gasteiger charge is 2.10. The Hall–Kier alpha value is -6.23. The van der Waals surface area contributed by atoms with Crippen LogP contribution >= 0.6 is 0 Å². The molecule has 0 fully saturated rings. The Morgan fingerprint density at radius 1 is 0.711 bits per heavy atom. The van der Waals surface area contributed by atoms with Crippen molar-refractivity contribution < 1.29 is 0 Å². The van der Waals surface area contributed by atoms with E-state index in [0.29, 0.717) is 17.6 Å². The Kier molecular flexibility index (Phi) is 8.31. The van der Waals surface area contributed by atoms with Crippen LogP contribution in [0, 0.1) is 29.6 Å². The van der Waals surface area contributed by atoms with E-state index in [9.17, 15) is 0 Å². The van der Waals surface area contributed by atoms with E-state index in [-0.39, 0.29) is 0 Å². The number of pyridine rings is 1. The van der Waals surface area contributed by atoms with Gasteiger partial charge < -0.3 is 5.73 Å². The molecule has 6 aromatic carbocycles. The molecule has 0 saturated heterocycles. The molecule has 0 bridgehead atoms. The van der Waals surface area contributed by atoms with Gasteiger partial charge >= 0.3 is 0 Å². The monoisotopic (exact) mass is 578 g/mol. The first-order valence-corrected chi connectivity index (χ1v) is 14.7. The number of hydrogen-bond donors (Lipinski definition) is 1. The summed E-state index contributed by atoms with van der Waals surface area (Å²) in [6.45, 7) is 2.04. The van der Waals surface area contributed by atoms with Gasteiger partial charge in [-0.1, -0.05) is 103 Å². The van der Waals surface area contributed by atoms with Crippen molar-refractivity contribution in [1.82, 2.24) is 4.98 Å². The van der Waals surface area contributed by atoms with Gasteiger partial charge in [0, 0.05) is 17.3 Å². The summed E-state index contributed by atoms with van der Waals surface area (Å²) in [6, 6.07) is 44.3. The number of allylic oxidation sites excluding steroid dienone is 3. The predicted molar refractivity (Wildman–Crippen MR) is 185 cm³/mol. The molecule has 7 rings (SSSR count). The van der Waals surface area contributed by atoms with Crippen molar-refractivity contribution in [3.63, 3.8) is 0 Å². The van der Waals surface area contributed by atoms with Gasteiger partial charge in [-0.25, -0.2) is 0 Å². The van der Waals surface area contributed by atoms with E-state index >= 15 is 0 Å². The van der Waals surface area contributed by atoms with Crippen LogP contribution in [-0.4, -0.2) is 4.98 Å². The fourth-order valence-corrected chi connectivity index (χ4v) is 5.62. The number of nitrogens with two attached hydrogens (primary N) is 1. The molecule has 0 radical (unpaired) electrons. The number of hydrogen-bond acceptors (Lipinski definition) is 4. The van der Waals surface area contributed by atoms with Gasteiger partial charge in [-0.05, 0) is 98.9 Å². The van der Waals surface area contributed by atoms with Gasteiger partial charge in [0.05, 0.1) is 23.4 Å². The van der Waals surface area contributed by atoms with Gasteiger partial charge in [-0.15, -0.1) is 0 Å². The fraction of sp³-hybridized carbons (Fsp3) is 0.0488. The van der Waals surface area contributed by atoms with Crippen LogP contribution < -0.4 is 5.73 Å². The molecule has 7 aromatic rings. The molecule has 0 saturated carbocycles. The minimum Gasteiger partial charge on any atom is -0.405 e. The number of rotatable bonds is 5. The highest BCUT2D eigenvalue weighted by atomic mass is 14.7. The van der Waals surface area contributed by atoms with E-state index in [4.69, 9.17) is 16.3 Å². The van der Waals surface area contributed by atoms with Crippen LogP contribution in [0.3, 0.4) is 0 Å². The Labute approximate surface area is 263 Å². The van der Waals surface area contributed by atoms with Crippen molar-refractivity contribution in [2.45, 2.75) is 13.3 Å². The summed E-state index contributed by atoms with van der Waals surface area (Å²) in [5, 5.41) is 25.7. The minimum absolute atomic E-state index is 0.577. The SMILES string of the molecule is Cc1ccc(-c2cc(C#N)ccn2)cc1.N#CC(/C=C\N)=C/Cc1ccc(-c2cc3ccc4cccc5ccc(c2)c3c45)cc1. The minimum atomic E-state index is 0.577. The van der Waals surface area contributed by atoms with Crippen molar-refractivity contribution in [3.8, 4) is 34.5 Å². The third-order valence-corrected chi connectivity index (χ3v) is 7.95. The lowest BCUT2D eigenvalue weighted by molar-refractivity contribution is 1.25. The van der Waals surface area contributed by atoms with Crippen molar-refractivity contribution in [2.24, 2.45) is 5.73 Å². The number of aromatic nitrogens is 1. The third kappa shape index (κ3) is 6.27. The number of benzene rings is 6.